The van der Waals surface area contributed by atoms with E-state index in [1.54, 1.807) is 29.7 Å². The molecule has 2 aromatic heterocycles. The highest BCUT2D eigenvalue weighted by molar-refractivity contribution is 9.10. The maximum Gasteiger partial charge on any atom is 0.274 e. The number of aromatic nitrogens is 2. The number of nitrogens with zero attached hydrogens (tertiary/aromatic N) is 2. The first-order valence-electron chi connectivity index (χ1n) is 6.37. The molecule has 112 valence electrons. The average Bonchev–Trinajstić information content (AvgIpc) is 2.78. The molecule has 1 amide bonds. The molecule has 7 heteroatoms. The van der Waals surface area contributed by atoms with Gasteiger partial charge in [0, 0.05) is 10.7 Å². The lowest BCUT2D eigenvalue weighted by Crippen LogP contribution is -2.16. The van der Waals surface area contributed by atoms with Crippen molar-refractivity contribution >= 4 is 56.4 Å². The van der Waals surface area contributed by atoms with E-state index in [-0.39, 0.29) is 5.91 Å². The Labute approximate surface area is 145 Å². The number of halogens is 3. The lowest BCUT2D eigenvalue weighted by atomic mass is 10.3. The van der Waals surface area contributed by atoms with Gasteiger partial charge in [-0.05, 0) is 41.1 Å². The summed E-state index contributed by atoms with van der Waals surface area (Å²) >= 11 is 15.6. The second-order valence-electron chi connectivity index (χ2n) is 4.68. The van der Waals surface area contributed by atoms with Crippen molar-refractivity contribution in [2.45, 2.75) is 6.92 Å². The van der Waals surface area contributed by atoms with Gasteiger partial charge in [-0.15, -0.1) is 0 Å². The lowest BCUT2D eigenvalue weighted by Gasteiger charge is -2.08. The van der Waals surface area contributed by atoms with Gasteiger partial charge in [-0.25, -0.2) is 4.98 Å². The molecule has 1 aromatic carbocycles. The van der Waals surface area contributed by atoms with Crippen molar-refractivity contribution in [3.05, 3.63) is 62.4 Å². The molecule has 4 nitrogen and oxygen atoms in total. The Bertz CT molecular complexity index is 892. The van der Waals surface area contributed by atoms with Gasteiger partial charge < -0.3 is 5.32 Å². The molecular formula is C15H10BrCl2N3O. The molecule has 22 heavy (non-hydrogen) atoms. The predicted octanol–water partition coefficient (Wildman–Crippen LogP) is 4.96. The van der Waals surface area contributed by atoms with Crippen LogP contribution >= 0.6 is 39.1 Å². The Hall–Kier alpha value is -1.56. The van der Waals surface area contributed by atoms with E-state index in [1.165, 1.54) is 0 Å². The van der Waals surface area contributed by atoms with Gasteiger partial charge in [0.1, 0.15) is 5.69 Å². The first-order valence-corrected chi connectivity index (χ1v) is 7.92. The summed E-state index contributed by atoms with van der Waals surface area (Å²) < 4.78 is 2.40. The van der Waals surface area contributed by atoms with Crippen LogP contribution in [0.4, 0.5) is 5.69 Å². The zero-order valence-electron chi connectivity index (χ0n) is 11.4. The van der Waals surface area contributed by atoms with Crippen LogP contribution in [0.5, 0.6) is 0 Å². The molecule has 0 atom stereocenters. The molecule has 3 rings (SSSR count). The van der Waals surface area contributed by atoms with Gasteiger partial charge in [-0.3, -0.25) is 9.20 Å². The number of amides is 1. The Balaban J connectivity index is 2.08. The number of imidazole rings is 1. The minimum absolute atomic E-state index is 0.282. The van der Waals surface area contributed by atoms with E-state index in [4.69, 9.17) is 23.2 Å². The Morgan fingerprint density at radius 2 is 2.05 bits per heavy atom. The Morgan fingerprint density at radius 1 is 1.32 bits per heavy atom. The van der Waals surface area contributed by atoms with E-state index in [9.17, 15) is 4.79 Å². The first-order chi connectivity index (χ1) is 10.5. The summed E-state index contributed by atoms with van der Waals surface area (Å²) in [5, 5.41) is 3.69. The number of aryl methyl sites for hydroxylation is 1. The van der Waals surface area contributed by atoms with Crippen molar-refractivity contribution in [1.82, 2.24) is 9.38 Å². The van der Waals surface area contributed by atoms with E-state index in [0.29, 0.717) is 32.8 Å². The van der Waals surface area contributed by atoms with E-state index in [0.717, 1.165) is 4.47 Å². The van der Waals surface area contributed by atoms with Crippen molar-refractivity contribution in [3.63, 3.8) is 0 Å². The van der Waals surface area contributed by atoms with Crippen molar-refractivity contribution < 1.29 is 4.79 Å². The standard InChI is InChI=1S/C15H10BrCl2N3O/c1-8-13(15(22)20-12-5-3-2-4-10(12)16)21-7-9(17)6-11(18)14(21)19-8/h2-7H,1H3,(H,20,22). The SMILES string of the molecule is Cc1nc2c(Cl)cc(Cl)cn2c1C(=O)Nc1ccccc1Br. The number of hydrogen-bond acceptors (Lipinski definition) is 2. The molecule has 0 fully saturated rings. The predicted molar refractivity (Wildman–Crippen MR) is 92.0 cm³/mol. The quantitative estimate of drug-likeness (QED) is 0.662. The molecule has 2 heterocycles. The smallest absolute Gasteiger partial charge is 0.274 e. The number of para-hydroxylation sites is 1. The maximum atomic E-state index is 12.6. The number of fused-ring (bicyclic) bond motifs is 1. The third-order valence-electron chi connectivity index (χ3n) is 3.15. The van der Waals surface area contributed by atoms with E-state index in [2.05, 4.69) is 26.2 Å². The summed E-state index contributed by atoms with van der Waals surface area (Å²) in [7, 11) is 0. The highest BCUT2D eigenvalue weighted by Crippen LogP contribution is 2.26. The molecule has 0 aliphatic heterocycles. The largest absolute Gasteiger partial charge is 0.320 e. The summed E-state index contributed by atoms with van der Waals surface area (Å²) in [5.74, 6) is -0.282. The zero-order chi connectivity index (χ0) is 15.9. The molecule has 0 spiro atoms. The summed E-state index contributed by atoms with van der Waals surface area (Å²) in [6.07, 6.45) is 1.62. The van der Waals surface area contributed by atoms with Crippen LogP contribution < -0.4 is 5.32 Å². The monoisotopic (exact) mass is 397 g/mol. The van der Waals surface area contributed by atoms with Crippen LogP contribution in [0.2, 0.25) is 10.0 Å². The van der Waals surface area contributed by atoms with Gasteiger partial charge in [0.05, 0.1) is 21.4 Å². The summed E-state index contributed by atoms with van der Waals surface area (Å²) in [5.41, 5.74) is 2.15. The molecule has 0 radical (unpaired) electrons. The van der Waals surface area contributed by atoms with Crippen LogP contribution in [0, 0.1) is 6.92 Å². The van der Waals surface area contributed by atoms with Gasteiger partial charge >= 0.3 is 0 Å². The third kappa shape index (κ3) is 2.72. The second kappa shape index (κ2) is 5.91. The number of anilines is 1. The number of benzene rings is 1. The molecule has 1 N–H and O–H groups in total. The number of hydrogen-bond donors (Lipinski definition) is 1. The molecule has 0 bridgehead atoms. The summed E-state index contributed by atoms with van der Waals surface area (Å²) in [4.78, 5) is 16.9. The fourth-order valence-corrected chi connectivity index (χ4v) is 3.10. The van der Waals surface area contributed by atoms with Crippen LogP contribution in [0.1, 0.15) is 16.2 Å². The fourth-order valence-electron chi connectivity index (χ4n) is 2.20. The molecule has 0 unspecified atom stereocenters. The second-order valence-corrected chi connectivity index (χ2v) is 6.38. The van der Waals surface area contributed by atoms with Crippen LogP contribution in [-0.2, 0) is 0 Å². The molecule has 0 aliphatic rings. The van der Waals surface area contributed by atoms with Crippen molar-refractivity contribution in [2.24, 2.45) is 0 Å². The van der Waals surface area contributed by atoms with Crippen molar-refractivity contribution in [2.75, 3.05) is 5.32 Å². The topological polar surface area (TPSA) is 46.4 Å². The molecule has 3 aromatic rings. The molecular weight excluding hydrogens is 389 g/mol. The minimum atomic E-state index is -0.282. The van der Waals surface area contributed by atoms with Crippen molar-refractivity contribution in [3.8, 4) is 0 Å². The third-order valence-corrected chi connectivity index (χ3v) is 4.33. The first kappa shape index (κ1) is 15.3. The van der Waals surface area contributed by atoms with Crippen LogP contribution in [0.25, 0.3) is 5.65 Å². The number of carbonyl (C=O) groups is 1. The number of pyridine rings is 1. The van der Waals surface area contributed by atoms with Gasteiger partial charge in [0.15, 0.2) is 5.65 Å². The minimum Gasteiger partial charge on any atom is -0.320 e. The van der Waals surface area contributed by atoms with E-state index in [1.807, 2.05) is 18.2 Å². The van der Waals surface area contributed by atoms with Crippen LogP contribution in [0.3, 0.4) is 0 Å². The molecule has 0 aliphatic carbocycles. The van der Waals surface area contributed by atoms with E-state index >= 15 is 0 Å². The average molecular weight is 399 g/mol. The lowest BCUT2D eigenvalue weighted by molar-refractivity contribution is 0.102. The zero-order valence-corrected chi connectivity index (χ0v) is 14.5. The van der Waals surface area contributed by atoms with Crippen LogP contribution in [-0.4, -0.2) is 15.3 Å². The number of nitrogens with one attached hydrogen (secondary N) is 1. The van der Waals surface area contributed by atoms with Gasteiger partial charge in [-0.2, -0.15) is 0 Å². The number of rotatable bonds is 2. The van der Waals surface area contributed by atoms with Gasteiger partial charge in [-0.1, -0.05) is 35.3 Å². The Kier molecular flexibility index (Phi) is 4.12. The fraction of sp³-hybridized carbons (Fsp3) is 0.0667. The van der Waals surface area contributed by atoms with Crippen LogP contribution in [0.15, 0.2) is 41.0 Å². The summed E-state index contributed by atoms with van der Waals surface area (Å²) in [6.45, 7) is 1.76. The highest BCUT2D eigenvalue weighted by Gasteiger charge is 2.19. The Morgan fingerprint density at radius 3 is 2.77 bits per heavy atom. The normalized spacial score (nSPS) is 10.9. The molecule has 0 saturated carbocycles. The molecule has 0 saturated heterocycles. The van der Waals surface area contributed by atoms with E-state index < -0.39 is 0 Å². The highest BCUT2D eigenvalue weighted by atomic mass is 79.9. The van der Waals surface area contributed by atoms with Gasteiger partial charge in [0.2, 0.25) is 0 Å². The van der Waals surface area contributed by atoms with Crippen molar-refractivity contribution in [1.29, 1.82) is 0 Å². The van der Waals surface area contributed by atoms with Gasteiger partial charge in [0.25, 0.3) is 5.91 Å². The number of carbonyl (C=O) groups excluding carboxylic acids is 1. The maximum absolute atomic E-state index is 12.6. The summed E-state index contributed by atoms with van der Waals surface area (Å²) in [6, 6.07) is 8.97.